The third-order valence-electron chi connectivity index (χ3n) is 6.91. The molecule has 1 unspecified atom stereocenters. The number of aromatic nitrogens is 1. The smallest absolute Gasteiger partial charge is 0.416 e. The van der Waals surface area contributed by atoms with Crippen LogP contribution in [0.5, 0.6) is 0 Å². The monoisotopic (exact) mass is 549 g/mol. The molecular formula is C29H31F4NO5. The highest BCUT2D eigenvalue weighted by Crippen LogP contribution is 2.34. The molecule has 2 atom stereocenters. The first-order valence-corrected chi connectivity index (χ1v) is 12.8. The van der Waals surface area contributed by atoms with Gasteiger partial charge in [-0.2, -0.15) is 13.2 Å². The van der Waals surface area contributed by atoms with Gasteiger partial charge in [0.05, 0.1) is 44.2 Å². The highest BCUT2D eigenvalue weighted by atomic mass is 19.4. The highest BCUT2D eigenvalue weighted by Gasteiger charge is 2.32. The number of ether oxygens (including phenoxy) is 3. The van der Waals surface area contributed by atoms with E-state index < -0.39 is 17.6 Å². The Kier molecular flexibility index (Phi) is 9.07. The molecule has 1 aliphatic rings. The van der Waals surface area contributed by atoms with Gasteiger partial charge in [-0.1, -0.05) is 24.6 Å². The summed E-state index contributed by atoms with van der Waals surface area (Å²) in [4.78, 5) is 16.5. The molecule has 39 heavy (non-hydrogen) atoms. The van der Waals surface area contributed by atoms with Crippen molar-refractivity contribution < 1.29 is 41.0 Å². The van der Waals surface area contributed by atoms with Gasteiger partial charge < -0.3 is 18.6 Å². The molecule has 6 nitrogen and oxygen atoms in total. The summed E-state index contributed by atoms with van der Waals surface area (Å²) < 4.78 is 75.5. The molecule has 0 saturated heterocycles. The molecule has 1 fully saturated rings. The van der Waals surface area contributed by atoms with E-state index in [2.05, 4.69) is 4.98 Å². The molecule has 0 amide bonds. The third kappa shape index (κ3) is 7.24. The first-order valence-electron chi connectivity index (χ1n) is 12.8. The fourth-order valence-electron chi connectivity index (χ4n) is 4.88. The molecule has 1 aliphatic carbocycles. The number of carbonyl (C=O) groups is 1. The first kappa shape index (κ1) is 28.8. The van der Waals surface area contributed by atoms with Gasteiger partial charge in [0, 0.05) is 5.56 Å². The van der Waals surface area contributed by atoms with Crippen LogP contribution in [0.4, 0.5) is 17.6 Å². The Morgan fingerprint density at radius 2 is 1.92 bits per heavy atom. The van der Waals surface area contributed by atoms with Crippen molar-refractivity contribution in [2.45, 2.75) is 65.0 Å². The van der Waals surface area contributed by atoms with Gasteiger partial charge in [0.1, 0.15) is 17.3 Å². The summed E-state index contributed by atoms with van der Waals surface area (Å²) in [5.74, 6) is -0.847. The van der Waals surface area contributed by atoms with E-state index in [1.165, 1.54) is 7.11 Å². The number of hydrogen-bond acceptors (Lipinski definition) is 6. The van der Waals surface area contributed by atoms with Crippen LogP contribution < -0.4 is 0 Å². The molecule has 0 spiro atoms. The van der Waals surface area contributed by atoms with Gasteiger partial charge >= 0.3 is 12.1 Å². The average Bonchev–Trinajstić information content (AvgIpc) is 3.27. The predicted octanol–water partition coefficient (Wildman–Crippen LogP) is 7.20. The summed E-state index contributed by atoms with van der Waals surface area (Å²) in [6.07, 6.45) is -0.999. The Morgan fingerprint density at radius 1 is 1.13 bits per heavy atom. The molecule has 10 heteroatoms. The second-order valence-electron chi connectivity index (χ2n) is 9.83. The van der Waals surface area contributed by atoms with Crippen molar-refractivity contribution in [3.63, 3.8) is 0 Å². The second kappa shape index (κ2) is 12.3. The van der Waals surface area contributed by atoms with Crippen LogP contribution in [0, 0.1) is 25.6 Å². The number of benzene rings is 2. The largest absolute Gasteiger partial charge is 0.465 e. The Balaban J connectivity index is 1.31. The minimum Gasteiger partial charge on any atom is -0.465 e. The van der Waals surface area contributed by atoms with Crippen LogP contribution in [0.25, 0.3) is 11.5 Å². The third-order valence-corrected chi connectivity index (χ3v) is 6.91. The number of nitrogens with zero attached hydrogens (tertiary/aromatic N) is 1. The normalized spacial score (nSPS) is 17.8. The van der Waals surface area contributed by atoms with Crippen LogP contribution in [0.1, 0.15) is 64.2 Å². The van der Waals surface area contributed by atoms with Crippen molar-refractivity contribution in [3.8, 4) is 11.5 Å². The van der Waals surface area contributed by atoms with Gasteiger partial charge in [0.25, 0.3) is 0 Å². The van der Waals surface area contributed by atoms with E-state index in [1.54, 1.807) is 6.92 Å². The van der Waals surface area contributed by atoms with Crippen LogP contribution in [0.2, 0.25) is 0 Å². The number of methoxy groups -OCH3 is 1. The van der Waals surface area contributed by atoms with Gasteiger partial charge in [0.15, 0.2) is 0 Å². The van der Waals surface area contributed by atoms with Gasteiger partial charge in [-0.05, 0) is 68.4 Å². The van der Waals surface area contributed by atoms with Gasteiger partial charge in [-0.25, -0.2) is 14.2 Å². The number of esters is 1. The van der Waals surface area contributed by atoms with E-state index in [-0.39, 0.29) is 36.1 Å². The molecule has 0 radical (unpaired) electrons. The van der Waals surface area contributed by atoms with Gasteiger partial charge in [0.2, 0.25) is 5.89 Å². The summed E-state index contributed by atoms with van der Waals surface area (Å²) in [5, 5.41) is 0. The van der Waals surface area contributed by atoms with E-state index >= 15 is 0 Å². The van der Waals surface area contributed by atoms with Crippen molar-refractivity contribution in [2.24, 2.45) is 5.92 Å². The fourth-order valence-corrected chi connectivity index (χ4v) is 4.88. The topological polar surface area (TPSA) is 70.8 Å². The van der Waals surface area contributed by atoms with Crippen LogP contribution in [0.15, 0.2) is 40.8 Å². The lowest BCUT2D eigenvalue weighted by Gasteiger charge is -2.29. The number of oxazole rings is 1. The second-order valence-corrected chi connectivity index (χ2v) is 9.83. The molecule has 3 aromatic rings. The molecule has 0 aliphatic heterocycles. The highest BCUT2D eigenvalue weighted by molar-refractivity contribution is 5.92. The van der Waals surface area contributed by atoms with Crippen LogP contribution >= 0.6 is 0 Å². The average molecular weight is 550 g/mol. The van der Waals surface area contributed by atoms with Crippen LogP contribution in [-0.4, -0.2) is 30.8 Å². The van der Waals surface area contributed by atoms with Gasteiger partial charge in [-0.15, -0.1) is 0 Å². The Labute approximate surface area is 224 Å². The molecule has 1 heterocycles. The van der Waals surface area contributed by atoms with Crippen LogP contribution in [-0.2, 0) is 33.6 Å². The summed E-state index contributed by atoms with van der Waals surface area (Å²) >= 11 is 0. The molecular weight excluding hydrogens is 518 g/mol. The lowest BCUT2D eigenvalue weighted by atomic mass is 9.87. The zero-order valence-electron chi connectivity index (χ0n) is 22.1. The Hall–Kier alpha value is -3.24. The summed E-state index contributed by atoms with van der Waals surface area (Å²) in [6, 6.07) is 7.82. The molecule has 4 rings (SSSR count). The summed E-state index contributed by atoms with van der Waals surface area (Å²) in [6.45, 7) is 4.38. The first-order chi connectivity index (χ1) is 18.5. The standard InChI is InChI=1S/C29H31F4NO5/c1-17-6-4-8-20(26(17)28(35)36-3)15-38-24-9-5-7-19(10-24)14-37-16-25-18(2)39-27(34-25)21-11-22(29(31,32)33)13-23(30)12-21/h4,6,8,11-13,19,24H,5,7,9-10,14-16H2,1-3H3/t19?,24-/m1/s1. The zero-order chi connectivity index (χ0) is 28.2. The molecule has 1 aromatic heterocycles. The van der Waals surface area contributed by atoms with Crippen molar-refractivity contribution >= 4 is 5.97 Å². The van der Waals surface area contributed by atoms with E-state index in [1.807, 2.05) is 25.1 Å². The van der Waals surface area contributed by atoms with Crippen molar-refractivity contribution in [1.29, 1.82) is 0 Å². The molecule has 2 aromatic carbocycles. The number of aryl methyl sites for hydroxylation is 2. The van der Waals surface area contributed by atoms with Crippen LogP contribution in [0.3, 0.4) is 0 Å². The predicted molar refractivity (Wildman–Crippen MR) is 134 cm³/mol. The molecule has 1 saturated carbocycles. The number of hydrogen-bond donors (Lipinski definition) is 0. The summed E-state index contributed by atoms with van der Waals surface area (Å²) in [5.41, 5.74) is 1.41. The maximum Gasteiger partial charge on any atom is 0.416 e. The SMILES string of the molecule is COC(=O)c1c(C)cccc1CO[C@@H]1CCCC(COCc2nc(-c3cc(F)cc(C(F)(F)F)c3)oc2C)C1. The lowest BCUT2D eigenvalue weighted by molar-refractivity contribution is -0.137. The maximum absolute atomic E-state index is 13.8. The van der Waals surface area contributed by atoms with E-state index in [0.29, 0.717) is 36.3 Å². The number of rotatable bonds is 9. The minimum absolute atomic E-state index is 0.0227. The fraction of sp³-hybridized carbons (Fsp3) is 0.448. The van der Waals surface area contributed by atoms with Crippen molar-refractivity contribution in [2.75, 3.05) is 13.7 Å². The van der Waals surface area contributed by atoms with E-state index in [9.17, 15) is 22.4 Å². The van der Waals surface area contributed by atoms with Gasteiger partial charge in [-0.3, -0.25) is 0 Å². The minimum atomic E-state index is -4.68. The molecule has 210 valence electrons. The summed E-state index contributed by atoms with van der Waals surface area (Å²) in [7, 11) is 1.36. The van der Waals surface area contributed by atoms with Crippen molar-refractivity contribution in [1.82, 2.24) is 4.98 Å². The Bertz CT molecular complexity index is 1300. The van der Waals surface area contributed by atoms with Crippen molar-refractivity contribution in [3.05, 3.63) is 75.9 Å². The zero-order valence-corrected chi connectivity index (χ0v) is 22.1. The maximum atomic E-state index is 13.8. The molecule has 0 N–H and O–H groups in total. The molecule has 0 bridgehead atoms. The van der Waals surface area contributed by atoms with E-state index in [0.717, 1.165) is 48.9 Å². The quantitative estimate of drug-likeness (QED) is 0.208. The van der Waals surface area contributed by atoms with E-state index in [4.69, 9.17) is 18.6 Å². The number of carbonyl (C=O) groups excluding carboxylic acids is 1. The number of halogens is 4. The number of alkyl halides is 3. The Morgan fingerprint density at radius 3 is 2.67 bits per heavy atom. The lowest BCUT2D eigenvalue weighted by Crippen LogP contribution is -2.26.